The first-order chi connectivity index (χ1) is 7.61. The molecule has 2 rings (SSSR count). The van der Waals surface area contributed by atoms with Gasteiger partial charge in [-0.25, -0.2) is 4.39 Å². The Kier molecular flexibility index (Phi) is 2.40. The molecule has 0 spiro atoms. The normalized spacial score (nSPS) is 10.4. The largest absolute Gasteiger partial charge is 0.504 e. The number of halogens is 1. The van der Waals surface area contributed by atoms with Gasteiger partial charge in [0.1, 0.15) is 5.82 Å². The van der Waals surface area contributed by atoms with Gasteiger partial charge in [0.2, 0.25) is 0 Å². The third-order valence-electron chi connectivity index (χ3n) is 2.05. The van der Waals surface area contributed by atoms with Crippen LogP contribution in [-0.4, -0.2) is 17.4 Å². The second kappa shape index (κ2) is 3.73. The van der Waals surface area contributed by atoms with Crippen molar-refractivity contribution in [3.05, 3.63) is 24.0 Å². The third kappa shape index (κ3) is 1.65. The summed E-state index contributed by atoms with van der Waals surface area (Å²) in [4.78, 5) is 0. The van der Waals surface area contributed by atoms with Gasteiger partial charge < -0.3 is 20.1 Å². The topological polar surface area (TPSA) is 81.5 Å². The van der Waals surface area contributed by atoms with E-state index in [1.165, 1.54) is 13.2 Å². The molecule has 1 aromatic heterocycles. The third-order valence-corrected chi connectivity index (χ3v) is 2.05. The van der Waals surface area contributed by atoms with Crippen LogP contribution < -0.4 is 10.5 Å². The summed E-state index contributed by atoms with van der Waals surface area (Å²) >= 11 is 0. The smallest absolute Gasteiger partial charge is 0.173 e. The summed E-state index contributed by atoms with van der Waals surface area (Å²) in [5.74, 6) is -0.435. The molecule has 0 saturated carbocycles. The summed E-state index contributed by atoms with van der Waals surface area (Å²) in [5, 5.41) is 13.2. The molecule has 0 aliphatic heterocycles. The molecule has 2 aromatic rings. The highest BCUT2D eigenvalue weighted by atomic mass is 19.1. The predicted octanol–water partition coefficient (Wildman–Crippen LogP) is 1.78. The van der Waals surface area contributed by atoms with Gasteiger partial charge in [0.25, 0.3) is 0 Å². The lowest BCUT2D eigenvalue weighted by Crippen LogP contribution is -1.88. The van der Waals surface area contributed by atoms with E-state index in [0.717, 1.165) is 12.1 Å². The fourth-order valence-corrected chi connectivity index (χ4v) is 1.33. The number of methoxy groups -OCH3 is 1. The van der Waals surface area contributed by atoms with E-state index in [2.05, 4.69) is 5.16 Å². The van der Waals surface area contributed by atoms with Gasteiger partial charge in [0.05, 0.1) is 12.7 Å². The minimum absolute atomic E-state index is 0.0185. The molecule has 0 aliphatic rings. The molecule has 0 amide bonds. The van der Waals surface area contributed by atoms with E-state index in [1.807, 2.05) is 0 Å². The molecule has 0 unspecified atom stereocenters. The molecular formula is C10H9FN2O3. The first-order valence-corrected chi connectivity index (χ1v) is 4.41. The maximum Gasteiger partial charge on any atom is 0.173 e. The monoisotopic (exact) mass is 224 g/mol. The van der Waals surface area contributed by atoms with Gasteiger partial charge in [-0.05, 0) is 6.07 Å². The molecule has 0 aliphatic carbocycles. The Morgan fingerprint density at radius 1 is 1.44 bits per heavy atom. The molecule has 3 N–H and O–H groups in total. The SMILES string of the molecule is COc1cc(F)cc(-c2cc(N)no2)c1O. The first-order valence-electron chi connectivity index (χ1n) is 4.41. The average molecular weight is 224 g/mol. The highest BCUT2D eigenvalue weighted by Gasteiger charge is 2.16. The lowest BCUT2D eigenvalue weighted by Gasteiger charge is -2.06. The van der Waals surface area contributed by atoms with Gasteiger partial charge in [0.15, 0.2) is 23.1 Å². The quantitative estimate of drug-likeness (QED) is 0.812. The zero-order chi connectivity index (χ0) is 11.7. The number of nitrogens with zero attached hydrogens (tertiary/aromatic N) is 1. The van der Waals surface area contributed by atoms with Crippen molar-refractivity contribution in [3.8, 4) is 22.8 Å². The number of nitrogens with two attached hydrogens (primary N) is 1. The molecule has 16 heavy (non-hydrogen) atoms. The van der Waals surface area contributed by atoms with Crippen molar-refractivity contribution in [1.82, 2.24) is 5.16 Å². The van der Waals surface area contributed by atoms with E-state index >= 15 is 0 Å². The van der Waals surface area contributed by atoms with Gasteiger partial charge in [-0.3, -0.25) is 0 Å². The van der Waals surface area contributed by atoms with Crippen LogP contribution >= 0.6 is 0 Å². The van der Waals surface area contributed by atoms with E-state index in [4.69, 9.17) is 15.0 Å². The minimum Gasteiger partial charge on any atom is -0.504 e. The summed E-state index contributed by atoms with van der Waals surface area (Å²) in [6.07, 6.45) is 0. The van der Waals surface area contributed by atoms with E-state index in [0.29, 0.717) is 0 Å². The van der Waals surface area contributed by atoms with Crippen LogP contribution in [-0.2, 0) is 0 Å². The van der Waals surface area contributed by atoms with E-state index in [9.17, 15) is 9.50 Å². The number of ether oxygens (including phenoxy) is 1. The zero-order valence-corrected chi connectivity index (χ0v) is 8.40. The zero-order valence-electron chi connectivity index (χ0n) is 8.40. The van der Waals surface area contributed by atoms with Crippen molar-refractivity contribution in [2.45, 2.75) is 0 Å². The molecule has 1 aromatic carbocycles. The molecule has 84 valence electrons. The van der Waals surface area contributed by atoms with E-state index < -0.39 is 5.82 Å². The van der Waals surface area contributed by atoms with Crippen molar-refractivity contribution < 1.29 is 18.8 Å². The summed E-state index contributed by atoms with van der Waals surface area (Å²) in [6.45, 7) is 0. The fourth-order valence-electron chi connectivity index (χ4n) is 1.33. The van der Waals surface area contributed by atoms with E-state index in [1.54, 1.807) is 0 Å². The van der Waals surface area contributed by atoms with Crippen LogP contribution in [0.3, 0.4) is 0 Å². The predicted molar refractivity (Wildman–Crippen MR) is 54.5 cm³/mol. The number of nitrogen functional groups attached to an aromatic ring is 1. The molecule has 0 radical (unpaired) electrons. The highest BCUT2D eigenvalue weighted by molar-refractivity contribution is 5.70. The van der Waals surface area contributed by atoms with Crippen molar-refractivity contribution >= 4 is 5.82 Å². The number of aromatic hydroxyl groups is 1. The molecule has 5 nitrogen and oxygen atoms in total. The molecule has 0 bridgehead atoms. The number of phenols is 1. The van der Waals surface area contributed by atoms with Crippen molar-refractivity contribution in [1.29, 1.82) is 0 Å². The Morgan fingerprint density at radius 3 is 2.75 bits per heavy atom. The van der Waals surface area contributed by atoms with Crippen LogP contribution in [0.5, 0.6) is 11.5 Å². The number of hydrogen-bond acceptors (Lipinski definition) is 5. The lowest BCUT2D eigenvalue weighted by atomic mass is 10.1. The first kappa shape index (κ1) is 10.3. The van der Waals surface area contributed by atoms with Crippen LogP contribution in [0.25, 0.3) is 11.3 Å². The maximum atomic E-state index is 13.2. The lowest BCUT2D eigenvalue weighted by molar-refractivity contribution is 0.369. The van der Waals surface area contributed by atoms with Gasteiger partial charge >= 0.3 is 0 Å². The van der Waals surface area contributed by atoms with Crippen LogP contribution in [0.2, 0.25) is 0 Å². The number of rotatable bonds is 2. The Balaban J connectivity index is 2.60. The van der Waals surface area contributed by atoms with Gasteiger partial charge in [-0.15, -0.1) is 0 Å². The van der Waals surface area contributed by atoms with Gasteiger partial charge in [-0.2, -0.15) is 0 Å². The number of hydrogen-bond donors (Lipinski definition) is 2. The summed E-state index contributed by atoms with van der Waals surface area (Å²) in [6, 6.07) is 3.56. The Hall–Kier alpha value is -2.24. The molecule has 1 heterocycles. The summed E-state index contributed by atoms with van der Waals surface area (Å²) in [7, 11) is 1.33. The number of phenolic OH excluding ortho intramolecular Hbond substituents is 1. The average Bonchev–Trinajstić information content (AvgIpc) is 2.67. The van der Waals surface area contributed by atoms with Gasteiger partial charge in [-0.1, -0.05) is 5.16 Å². The summed E-state index contributed by atoms with van der Waals surface area (Å²) in [5.41, 5.74) is 5.50. The minimum atomic E-state index is -0.556. The Labute approximate surface area is 90.2 Å². The molecule has 0 fully saturated rings. The maximum absolute atomic E-state index is 13.2. The molecule has 6 heteroatoms. The van der Waals surface area contributed by atoms with Gasteiger partial charge in [0, 0.05) is 12.1 Å². The van der Waals surface area contributed by atoms with E-state index in [-0.39, 0.29) is 28.6 Å². The summed E-state index contributed by atoms with van der Waals surface area (Å²) < 4.78 is 22.8. The number of aromatic nitrogens is 1. The molecular weight excluding hydrogens is 215 g/mol. The second-order valence-electron chi connectivity index (χ2n) is 3.12. The second-order valence-corrected chi connectivity index (χ2v) is 3.12. The van der Waals surface area contributed by atoms with Crippen molar-refractivity contribution in [2.24, 2.45) is 0 Å². The van der Waals surface area contributed by atoms with Crippen LogP contribution in [0, 0.1) is 5.82 Å². The number of benzene rings is 1. The van der Waals surface area contributed by atoms with Crippen LogP contribution in [0.15, 0.2) is 22.7 Å². The number of anilines is 1. The van der Waals surface area contributed by atoms with Crippen molar-refractivity contribution in [2.75, 3.05) is 12.8 Å². The molecule has 0 atom stereocenters. The van der Waals surface area contributed by atoms with Crippen LogP contribution in [0.1, 0.15) is 0 Å². The Bertz CT molecular complexity index is 525. The molecule has 0 saturated heterocycles. The Morgan fingerprint density at radius 2 is 2.19 bits per heavy atom. The highest BCUT2D eigenvalue weighted by Crippen LogP contribution is 2.38. The fraction of sp³-hybridized carbons (Fsp3) is 0.100. The van der Waals surface area contributed by atoms with Crippen LogP contribution in [0.4, 0.5) is 10.2 Å². The van der Waals surface area contributed by atoms with Crippen molar-refractivity contribution in [3.63, 3.8) is 0 Å². The standard InChI is InChI=1S/C10H9FN2O3/c1-15-8-3-5(11)2-6(10(8)14)7-4-9(12)13-16-7/h2-4,14H,1H3,(H2,12,13).